The molecule has 0 atom stereocenters. The number of carboxylic acids is 1. The molecule has 0 saturated carbocycles. The molecule has 1 aromatic heterocycles. The molecule has 0 bridgehead atoms. The Labute approximate surface area is 185 Å². The fourth-order valence-corrected chi connectivity index (χ4v) is 5.11. The van der Waals surface area contributed by atoms with E-state index in [-0.39, 0.29) is 6.42 Å². The number of carbonyl (C=O) groups is 1. The van der Waals surface area contributed by atoms with E-state index in [1.807, 2.05) is 42.5 Å². The van der Waals surface area contributed by atoms with Gasteiger partial charge in [-0.25, -0.2) is 4.98 Å². The average Bonchev–Trinajstić information content (AvgIpc) is 3.16. The molecule has 0 aliphatic carbocycles. The highest BCUT2D eigenvalue weighted by molar-refractivity contribution is 7.22. The van der Waals surface area contributed by atoms with Gasteiger partial charge in [0, 0.05) is 24.5 Å². The van der Waals surface area contributed by atoms with Gasteiger partial charge in [-0.1, -0.05) is 35.1 Å². The second-order valence-corrected chi connectivity index (χ2v) is 9.16. The topological polar surface area (TPSA) is 62.7 Å². The number of rotatable bonds is 8. The number of aromatic nitrogens is 1. The Morgan fingerprint density at radius 2 is 2.07 bits per heavy atom. The molecule has 158 valence electrons. The minimum Gasteiger partial charge on any atom is -0.494 e. The highest BCUT2D eigenvalue weighted by atomic mass is 35.5. The predicted octanol–water partition coefficient (Wildman–Crippen LogP) is 5.65. The third-order valence-corrected chi connectivity index (χ3v) is 6.86. The fraction of sp³-hybridized carbons (Fsp3) is 0.391. The number of hydrogen-bond donors (Lipinski definition) is 1. The molecular weight excluding hydrogens is 420 g/mol. The molecule has 1 saturated heterocycles. The van der Waals surface area contributed by atoms with Gasteiger partial charge in [-0.3, -0.25) is 4.79 Å². The van der Waals surface area contributed by atoms with Crippen molar-refractivity contribution in [2.75, 3.05) is 24.6 Å². The zero-order valence-electron chi connectivity index (χ0n) is 16.7. The quantitative estimate of drug-likeness (QED) is 0.486. The number of aliphatic carboxylic acids is 1. The molecule has 2 aromatic carbocycles. The zero-order valence-corrected chi connectivity index (χ0v) is 18.3. The normalized spacial score (nSPS) is 14.9. The molecular formula is C23H25ClN2O3S. The van der Waals surface area contributed by atoms with Crippen molar-refractivity contribution in [3.05, 3.63) is 53.1 Å². The Bertz CT molecular complexity index is 1010. The number of nitrogens with zero attached hydrogens (tertiary/aromatic N) is 2. The summed E-state index contributed by atoms with van der Waals surface area (Å²) in [5.41, 5.74) is 2.01. The molecule has 1 aliphatic rings. The van der Waals surface area contributed by atoms with Crippen LogP contribution in [-0.2, 0) is 11.2 Å². The minimum absolute atomic E-state index is 0.143. The van der Waals surface area contributed by atoms with Crippen LogP contribution < -0.4 is 9.64 Å². The summed E-state index contributed by atoms with van der Waals surface area (Å²) < 4.78 is 7.07. The Balaban J connectivity index is 1.23. The van der Waals surface area contributed by atoms with Crippen molar-refractivity contribution in [1.82, 2.24) is 4.98 Å². The van der Waals surface area contributed by atoms with Crippen molar-refractivity contribution in [3.8, 4) is 5.75 Å². The monoisotopic (exact) mass is 444 g/mol. The van der Waals surface area contributed by atoms with Crippen LogP contribution in [0.15, 0.2) is 42.5 Å². The van der Waals surface area contributed by atoms with Crippen LogP contribution in [0.2, 0.25) is 5.02 Å². The van der Waals surface area contributed by atoms with Crippen molar-refractivity contribution >= 4 is 44.3 Å². The summed E-state index contributed by atoms with van der Waals surface area (Å²) in [5, 5.41) is 10.7. The summed E-state index contributed by atoms with van der Waals surface area (Å²) >= 11 is 7.80. The van der Waals surface area contributed by atoms with Gasteiger partial charge in [0.05, 0.1) is 16.8 Å². The molecule has 1 N–H and O–H groups in total. The third-order valence-electron chi connectivity index (χ3n) is 5.55. The first kappa shape index (κ1) is 20.9. The lowest BCUT2D eigenvalue weighted by Crippen LogP contribution is -2.34. The first-order valence-electron chi connectivity index (χ1n) is 10.3. The van der Waals surface area contributed by atoms with Gasteiger partial charge in [-0.15, -0.1) is 0 Å². The number of anilines is 1. The van der Waals surface area contributed by atoms with E-state index in [2.05, 4.69) is 4.90 Å². The van der Waals surface area contributed by atoms with Gasteiger partial charge in [0.2, 0.25) is 0 Å². The summed E-state index contributed by atoms with van der Waals surface area (Å²) in [6.45, 7) is 2.72. The Morgan fingerprint density at radius 1 is 1.23 bits per heavy atom. The van der Waals surface area contributed by atoms with Gasteiger partial charge < -0.3 is 14.7 Å². The van der Waals surface area contributed by atoms with Crippen molar-refractivity contribution in [2.24, 2.45) is 5.92 Å². The van der Waals surface area contributed by atoms with Crippen molar-refractivity contribution < 1.29 is 14.6 Å². The molecule has 30 heavy (non-hydrogen) atoms. The lowest BCUT2D eigenvalue weighted by atomic mass is 9.94. The Hall–Kier alpha value is -2.31. The first-order valence-corrected chi connectivity index (χ1v) is 11.5. The molecule has 0 radical (unpaired) electrons. The van der Waals surface area contributed by atoms with Gasteiger partial charge in [-0.2, -0.15) is 0 Å². The summed E-state index contributed by atoms with van der Waals surface area (Å²) in [5.74, 6) is 0.700. The van der Waals surface area contributed by atoms with E-state index in [9.17, 15) is 4.79 Å². The molecule has 4 rings (SSSR count). The number of benzene rings is 2. The number of thiazole rings is 1. The van der Waals surface area contributed by atoms with E-state index in [1.165, 1.54) is 0 Å². The molecule has 3 aromatic rings. The lowest BCUT2D eigenvalue weighted by molar-refractivity contribution is -0.136. The number of hydrogen-bond acceptors (Lipinski definition) is 5. The van der Waals surface area contributed by atoms with Crippen molar-refractivity contribution in [3.63, 3.8) is 0 Å². The summed E-state index contributed by atoms with van der Waals surface area (Å²) in [6.07, 6.45) is 3.98. The van der Waals surface area contributed by atoms with Crippen molar-refractivity contribution in [1.29, 1.82) is 0 Å². The number of piperidine rings is 1. The fourth-order valence-electron chi connectivity index (χ4n) is 3.82. The average molecular weight is 445 g/mol. The zero-order chi connectivity index (χ0) is 20.9. The number of halogens is 1. The van der Waals surface area contributed by atoms with Crippen LogP contribution in [-0.4, -0.2) is 35.8 Å². The van der Waals surface area contributed by atoms with Crippen LogP contribution in [0.5, 0.6) is 5.75 Å². The summed E-state index contributed by atoms with van der Waals surface area (Å²) in [7, 11) is 0. The second kappa shape index (κ2) is 9.67. The van der Waals surface area contributed by atoms with Crippen LogP contribution >= 0.6 is 22.9 Å². The second-order valence-electron chi connectivity index (χ2n) is 7.72. The maximum atomic E-state index is 10.7. The standard InChI is InChI=1S/C23H25ClN2O3S/c24-18-5-6-20-21(15-18)30-23(25-20)26-11-8-16(9-12-26)10-13-29-19-3-1-2-17(14-19)4-7-22(27)28/h1-3,5-6,14-16H,4,7-13H2,(H,27,28). The Morgan fingerprint density at radius 3 is 2.87 bits per heavy atom. The molecule has 2 heterocycles. The smallest absolute Gasteiger partial charge is 0.303 e. The third kappa shape index (κ3) is 5.43. The number of fused-ring (bicyclic) bond motifs is 1. The van der Waals surface area contributed by atoms with E-state index in [0.29, 0.717) is 18.9 Å². The van der Waals surface area contributed by atoms with Crippen molar-refractivity contribution in [2.45, 2.75) is 32.1 Å². The predicted molar refractivity (Wildman–Crippen MR) is 122 cm³/mol. The maximum Gasteiger partial charge on any atom is 0.303 e. The molecule has 0 spiro atoms. The molecule has 7 heteroatoms. The minimum atomic E-state index is -0.776. The Kier molecular flexibility index (Phi) is 6.75. The lowest BCUT2D eigenvalue weighted by Gasteiger charge is -2.31. The largest absolute Gasteiger partial charge is 0.494 e. The van der Waals surface area contributed by atoms with Gasteiger partial charge in [0.15, 0.2) is 5.13 Å². The molecule has 0 unspecified atom stereocenters. The van der Waals surface area contributed by atoms with Gasteiger partial charge in [0.1, 0.15) is 5.75 Å². The number of carboxylic acid groups (broad SMARTS) is 1. The van der Waals surface area contributed by atoms with Crippen LogP contribution in [0.4, 0.5) is 5.13 Å². The van der Waals surface area contributed by atoms with E-state index < -0.39 is 5.97 Å². The van der Waals surface area contributed by atoms with E-state index in [4.69, 9.17) is 26.4 Å². The SMILES string of the molecule is O=C(O)CCc1cccc(OCCC2CCN(c3nc4ccc(Cl)cc4s3)CC2)c1. The summed E-state index contributed by atoms with van der Waals surface area (Å²) in [4.78, 5) is 17.9. The van der Waals surface area contributed by atoms with E-state index in [0.717, 1.165) is 64.0 Å². The van der Waals surface area contributed by atoms with Crippen LogP contribution in [0, 0.1) is 5.92 Å². The molecule has 0 amide bonds. The summed E-state index contributed by atoms with van der Waals surface area (Å²) in [6, 6.07) is 13.6. The highest BCUT2D eigenvalue weighted by Gasteiger charge is 2.21. The van der Waals surface area contributed by atoms with Crippen LogP contribution in [0.3, 0.4) is 0 Å². The van der Waals surface area contributed by atoms with E-state index >= 15 is 0 Å². The number of ether oxygens (including phenoxy) is 1. The molecule has 1 aliphatic heterocycles. The van der Waals surface area contributed by atoms with Gasteiger partial charge in [0.25, 0.3) is 0 Å². The molecule has 5 nitrogen and oxygen atoms in total. The van der Waals surface area contributed by atoms with Gasteiger partial charge in [-0.05, 0) is 67.5 Å². The van der Waals surface area contributed by atoms with Crippen LogP contribution in [0.25, 0.3) is 10.2 Å². The first-order chi connectivity index (χ1) is 14.6. The van der Waals surface area contributed by atoms with Crippen LogP contribution in [0.1, 0.15) is 31.2 Å². The maximum absolute atomic E-state index is 10.7. The van der Waals surface area contributed by atoms with Gasteiger partial charge >= 0.3 is 5.97 Å². The highest BCUT2D eigenvalue weighted by Crippen LogP contribution is 2.33. The number of aryl methyl sites for hydroxylation is 1. The molecule has 1 fully saturated rings. The van der Waals surface area contributed by atoms with E-state index in [1.54, 1.807) is 11.3 Å².